The van der Waals surface area contributed by atoms with E-state index in [2.05, 4.69) is 61.7 Å². The number of rotatable bonds is 5. The lowest BCUT2D eigenvalue weighted by Crippen LogP contribution is -2.36. The van der Waals surface area contributed by atoms with Crippen LogP contribution >= 0.6 is 0 Å². The summed E-state index contributed by atoms with van der Waals surface area (Å²) < 4.78 is 2.05. The Balaban J connectivity index is 2.26. The molecule has 4 heteroatoms. The van der Waals surface area contributed by atoms with E-state index >= 15 is 0 Å². The zero-order valence-corrected chi connectivity index (χ0v) is 13.2. The minimum Gasteiger partial charge on any atom is -0.354 e. The van der Waals surface area contributed by atoms with Crippen LogP contribution in [0.4, 0.5) is 5.82 Å². The van der Waals surface area contributed by atoms with Gasteiger partial charge in [0.1, 0.15) is 5.82 Å². The first kappa shape index (κ1) is 14.4. The van der Waals surface area contributed by atoms with Gasteiger partial charge in [0.25, 0.3) is 0 Å². The molecule has 1 saturated carbocycles. The Hall–Kier alpha value is -1.03. The molecule has 0 radical (unpaired) electrons. The lowest BCUT2D eigenvalue weighted by atomic mass is 10.1. The van der Waals surface area contributed by atoms with Gasteiger partial charge < -0.3 is 10.2 Å². The third kappa shape index (κ3) is 3.30. The molecule has 1 N–H and O–H groups in total. The summed E-state index contributed by atoms with van der Waals surface area (Å²) in [5.74, 6) is 1.30. The van der Waals surface area contributed by atoms with Crippen LogP contribution < -0.4 is 10.2 Å². The zero-order chi connectivity index (χ0) is 14.2. The van der Waals surface area contributed by atoms with E-state index in [0.717, 1.165) is 24.8 Å². The van der Waals surface area contributed by atoms with Gasteiger partial charge >= 0.3 is 0 Å². The maximum atomic E-state index is 4.63. The van der Waals surface area contributed by atoms with Crippen LogP contribution in [0, 0.1) is 6.92 Å². The predicted molar refractivity (Wildman–Crippen MR) is 80.6 cm³/mol. The van der Waals surface area contributed by atoms with Crippen molar-refractivity contribution in [1.82, 2.24) is 15.1 Å². The number of hydrogen-bond donors (Lipinski definition) is 1. The number of anilines is 1. The molecule has 1 aromatic heterocycles. The second kappa shape index (κ2) is 5.16. The van der Waals surface area contributed by atoms with Gasteiger partial charge in [0.05, 0.1) is 5.69 Å². The molecule has 108 valence electrons. The summed E-state index contributed by atoms with van der Waals surface area (Å²) >= 11 is 0. The average molecular weight is 264 g/mol. The monoisotopic (exact) mass is 264 g/mol. The molecule has 19 heavy (non-hydrogen) atoms. The molecule has 1 heterocycles. The van der Waals surface area contributed by atoms with Gasteiger partial charge in [-0.3, -0.25) is 4.68 Å². The van der Waals surface area contributed by atoms with Gasteiger partial charge in [0.15, 0.2) is 0 Å². The Labute approximate surface area is 117 Å². The van der Waals surface area contributed by atoms with Crippen molar-refractivity contribution in [2.24, 2.45) is 7.05 Å². The van der Waals surface area contributed by atoms with E-state index in [-0.39, 0.29) is 5.54 Å². The van der Waals surface area contributed by atoms with E-state index in [1.54, 1.807) is 0 Å². The maximum absolute atomic E-state index is 4.63. The number of aromatic nitrogens is 2. The highest BCUT2D eigenvalue weighted by molar-refractivity contribution is 5.52. The Morgan fingerprint density at radius 2 is 2.00 bits per heavy atom. The SMILES string of the molecule is CCN(c1c(CNC(C)(C)C)c(C)nn1C)C1CC1. The van der Waals surface area contributed by atoms with Crippen molar-refractivity contribution in [3.05, 3.63) is 11.3 Å². The van der Waals surface area contributed by atoms with Gasteiger partial charge in [0.2, 0.25) is 0 Å². The molecule has 0 unspecified atom stereocenters. The van der Waals surface area contributed by atoms with E-state index in [0.29, 0.717) is 0 Å². The lowest BCUT2D eigenvalue weighted by Gasteiger charge is -2.26. The third-order valence-electron chi connectivity index (χ3n) is 3.71. The highest BCUT2D eigenvalue weighted by atomic mass is 15.4. The predicted octanol–water partition coefficient (Wildman–Crippen LogP) is 2.61. The van der Waals surface area contributed by atoms with Crippen LogP contribution in [0.2, 0.25) is 0 Å². The van der Waals surface area contributed by atoms with Crippen LogP contribution in [0.25, 0.3) is 0 Å². The van der Waals surface area contributed by atoms with E-state index < -0.39 is 0 Å². The van der Waals surface area contributed by atoms with Crippen molar-refractivity contribution < 1.29 is 0 Å². The van der Waals surface area contributed by atoms with Crippen LogP contribution in [-0.4, -0.2) is 27.9 Å². The van der Waals surface area contributed by atoms with Crippen molar-refractivity contribution in [2.45, 2.75) is 65.6 Å². The fraction of sp³-hybridized carbons (Fsp3) is 0.800. The molecule has 1 fully saturated rings. The summed E-state index contributed by atoms with van der Waals surface area (Å²) in [7, 11) is 2.06. The Morgan fingerprint density at radius 1 is 1.37 bits per heavy atom. The average Bonchev–Trinajstić information content (AvgIpc) is 3.06. The summed E-state index contributed by atoms with van der Waals surface area (Å²) in [6.45, 7) is 12.9. The number of hydrogen-bond acceptors (Lipinski definition) is 3. The quantitative estimate of drug-likeness (QED) is 0.887. The van der Waals surface area contributed by atoms with Gasteiger partial charge in [-0.05, 0) is 47.5 Å². The fourth-order valence-electron chi connectivity index (χ4n) is 2.58. The summed E-state index contributed by atoms with van der Waals surface area (Å²) in [6, 6.07) is 0.730. The van der Waals surface area contributed by atoms with Gasteiger partial charge in [-0.2, -0.15) is 5.10 Å². The van der Waals surface area contributed by atoms with Gasteiger partial charge in [-0.15, -0.1) is 0 Å². The normalized spacial score (nSPS) is 15.9. The summed E-state index contributed by atoms with van der Waals surface area (Å²) in [4.78, 5) is 2.51. The molecular weight excluding hydrogens is 236 g/mol. The molecule has 0 amide bonds. The summed E-state index contributed by atoms with van der Waals surface area (Å²) in [6.07, 6.45) is 2.65. The number of aryl methyl sites for hydroxylation is 2. The van der Waals surface area contributed by atoms with Crippen molar-refractivity contribution in [3.8, 4) is 0 Å². The standard InChI is InChI=1S/C15H28N4/c1-7-19(12-8-9-12)14-13(10-16-15(3,4)5)11(2)17-18(14)6/h12,16H,7-10H2,1-6H3. The second-order valence-corrected chi connectivity index (χ2v) is 6.63. The molecule has 0 saturated heterocycles. The first-order valence-corrected chi connectivity index (χ1v) is 7.37. The van der Waals surface area contributed by atoms with Gasteiger partial charge in [0, 0.05) is 37.3 Å². The molecule has 2 rings (SSSR count). The van der Waals surface area contributed by atoms with Crippen LogP contribution in [0.5, 0.6) is 0 Å². The van der Waals surface area contributed by atoms with E-state index in [9.17, 15) is 0 Å². The molecule has 4 nitrogen and oxygen atoms in total. The minimum atomic E-state index is 0.135. The number of nitrogens with zero attached hydrogens (tertiary/aromatic N) is 3. The Bertz CT molecular complexity index is 438. The van der Waals surface area contributed by atoms with Crippen molar-refractivity contribution in [1.29, 1.82) is 0 Å². The molecule has 0 aliphatic heterocycles. The molecule has 0 spiro atoms. The smallest absolute Gasteiger partial charge is 0.131 e. The minimum absolute atomic E-state index is 0.135. The van der Waals surface area contributed by atoms with Gasteiger partial charge in [-0.25, -0.2) is 0 Å². The summed E-state index contributed by atoms with van der Waals surface area (Å²) in [5, 5.41) is 8.22. The molecule has 1 aliphatic carbocycles. The topological polar surface area (TPSA) is 33.1 Å². The van der Waals surface area contributed by atoms with E-state index in [4.69, 9.17) is 0 Å². The second-order valence-electron chi connectivity index (χ2n) is 6.63. The van der Waals surface area contributed by atoms with Crippen LogP contribution in [0.1, 0.15) is 51.8 Å². The van der Waals surface area contributed by atoms with Crippen LogP contribution in [-0.2, 0) is 13.6 Å². The lowest BCUT2D eigenvalue weighted by molar-refractivity contribution is 0.423. The highest BCUT2D eigenvalue weighted by Crippen LogP contribution is 2.34. The van der Waals surface area contributed by atoms with Crippen molar-refractivity contribution >= 4 is 5.82 Å². The van der Waals surface area contributed by atoms with Crippen molar-refractivity contribution in [2.75, 3.05) is 11.4 Å². The molecular formula is C15H28N4. The first-order chi connectivity index (χ1) is 8.83. The molecule has 0 aromatic carbocycles. The largest absolute Gasteiger partial charge is 0.354 e. The molecule has 0 bridgehead atoms. The Morgan fingerprint density at radius 3 is 2.47 bits per heavy atom. The number of nitrogens with one attached hydrogen (secondary N) is 1. The Kier molecular flexibility index (Phi) is 3.90. The van der Waals surface area contributed by atoms with Gasteiger partial charge in [-0.1, -0.05) is 0 Å². The molecule has 0 atom stereocenters. The molecule has 1 aliphatic rings. The van der Waals surface area contributed by atoms with E-state index in [1.807, 2.05) is 0 Å². The van der Waals surface area contributed by atoms with E-state index in [1.165, 1.54) is 24.2 Å². The van der Waals surface area contributed by atoms with Crippen molar-refractivity contribution in [3.63, 3.8) is 0 Å². The fourth-order valence-corrected chi connectivity index (χ4v) is 2.58. The van der Waals surface area contributed by atoms with Crippen LogP contribution in [0.3, 0.4) is 0 Å². The molecule has 1 aromatic rings. The van der Waals surface area contributed by atoms with Crippen LogP contribution in [0.15, 0.2) is 0 Å². The highest BCUT2D eigenvalue weighted by Gasteiger charge is 2.32. The first-order valence-electron chi connectivity index (χ1n) is 7.37. The maximum Gasteiger partial charge on any atom is 0.131 e. The third-order valence-corrected chi connectivity index (χ3v) is 3.71. The summed E-state index contributed by atoms with van der Waals surface area (Å²) in [5.41, 5.74) is 2.63. The zero-order valence-electron chi connectivity index (χ0n) is 13.2.